The monoisotopic (exact) mass is 259 g/mol. The summed E-state index contributed by atoms with van der Waals surface area (Å²) in [5.41, 5.74) is 0. The van der Waals surface area contributed by atoms with E-state index in [1.165, 1.54) is 6.92 Å². The van der Waals surface area contributed by atoms with Gasteiger partial charge in [0.15, 0.2) is 11.9 Å². The van der Waals surface area contributed by atoms with E-state index in [1.807, 2.05) is 20.1 Å². The van der Waals surface area contributed by atoms with Crippen molar-refractivity contribution >= 4 is 22.8 Å². The largest absolute Gasteiger partial charge is 0.458 e. The molecule has 0 unspecified atom stereocenters. The molecule has 0 N–H and O–H groups in total. The lowest BCUT2D eigenvalue weighted by Gasteiger charge is -2.29. The lowest BCUT2D eigenvalue weighted by molar-refractivity contribution is -0.167. The first-order valence-corrected chi connectivity index (χ1v) is 6.76. The van der Waals surface area contributed by atoms with Gasteiger partial charge in [-0.25, -0.2) is 0 Å². The molecule has 5 nitrogen and oxygen atoms in total. The third kappa shape index (κ3) is 2.64. The van der Waals surface area contributed by atoms with Crippen LogP contribution in [0.25, 0.3) is 0 Å². The number of carbonyl (C=O) groups is 1. The van der Waals surface area contributed by atoms with Crippen LogP contribution in [0.2, 0.25) is 0 Å². The summed E-state index contributed by atoms with van der Waals surface area (Å²) in [6.45, 7) is 5.54. The second kappa shape index (κ2) is 4.59. The average Bonchev–Trinajstić information content (AvgIpc) is 2.53. The van der Waals surface area contributed by atoms with Crippen LogP contribution >= 0.6 is 11.8 Å². The SMILES string of the molecule is CSC1=NC[C@@H](OC(C)=O)[C@@H]2OC(C)(C)O[C@H]12. The van der Waals surface area contributed by atoms with Gasteiger partial charge in [0.2, 0.25) is 0 Å². The van der Waals surface area contributed by atoms with Crippen LogP contribution in [0.1, 0.15) is 20.8 Å². The third-order valence-electron chi connectivity index (χ3n) is 2.69. The van der Waals surface area contributed by atoms with Crippen LogP contribution in [0.3, 0.4) is 0 Å². The molecule has 0 aromatic carbocycles. The summed E-state index contributed by atoms with van der Waals surface area (Å²) in [6, 6.07) is 0. The number of hydrogen-bond acceptors (Lipinski definition) is 6. The predicted molar refractivity (Wildman–Crippen MR) is 65.2 cm³/mol. The second-order valence-electron chi connectivity index (χ2n) is 4.55. The first kappa shape index (κ1) is 12.9. The third-order valence-corrected chi connectivity index (χ3v) is 3.47. The van der Waals surface area contributed by atoms with E-state index >= 15 is 0 Å². The van der Waals surface area contributed by atoms with Gasteiger partial charge in [-0.15, -0.1) is 11.8 Å². The summed E-state index contributed by atoms with van der Waals surface area (Å²) in [4.78, 5) is 15.4. The Morgan fingerprint density at radius 1 is 1.53 bits per heavy atom. The minimum Gasteiger partial charge on any atom is -0.458 e. The normalized spacial score (nSPS) is 35.1. The molecular formula is C11H17NO4S. The number of ether oxygens (including phenoxy) is 3. The van der Waals surface area contributed by atoms with Crippen molar-refractivity contribution in [2.45, 2.75) is 44.9 Å². The molecule has 0 bridgehead atoms. The van der Waals surface area contributed by atoms with Crippen LogP contribution in [-0.4, -0.2) is 47.9 Å². The maximum atomic E-state index is 11.0. The van der Waals surface area contributed by atoms with Crippen molar-refractivity contribution in [1.82, 2.24) is 0 Å². The zero-order chi connectivity index (χ0) is 12.6. The number of esters is 1. The predicted octanol–water partition coefficient (Wildman–Crippen LogP) is 1.21. The number of aliphatic imine (C=N–C) groups is 1. The summed E-state index contributed by atoms with van der Waals surface area (Å²) in [5.74, 6) is -0.973. The fourth-order valence-corrected chi connectivity index (χ4v) is 2.74. The van der Waals surface area contributed by atoms with Gasteiger partial charge in [-0.3, -0.25) is 9.79 Å². The number of thioether (sulfide) groups is 1. The minimum absolute atomic E-state index is 0.224. The maximum Gasteiger partial charge on any atom is 0.303 e. The Morgan fingerprint density at radius 2 is 2.24 bits per heavy atom. The standard InChI is InChI=1S/C11H17NO4S/c1-6(13)14-7-5-12-10(17-4)9-8(7)15-11(2,3)16-9/h7-9H,5H2,1-4H3/t7-,8+,9+/m1/s1. The first-order valence-electron chi connectivity index (χ1n) is 5.54. The molecule has 2 aliphatic heterocycles. The Labute approximate surface area is 105 Å². The Kier molecular flexibility index (Phi) is 3.47. The molecule has 1 saturated heterocycles. The fraction of sp³-hybridized carbons (Fsp3) is 0.818. The molecule has 6 heteroatoms. The summed E-state index contributed by atoms with van der Waals surface area (Å²) in [5, 5.41) is 0.906. The Bertz CT molecular complexity index is 355. The van der Waals surface area contributed by atoms with Crippen LogP contribution in [0.5, 0.6) is 0 Å². The Balaban J connectivity index is 2.20. The molecule has 0 aromatic heterocycles. The van der Waals surface area contributed by atoms with Crippen molar-refractivity contribution in [3.63, 3.8) is 0 Å². The summed E-state index contributed by atoms with van der Waals surface area (Å²) >= 11 is 1.55. The van der Waals surface area contributed by atoms with Gasteiger partial charge in [0.25, 0.3) is 0 Å². The molecule has 2 aliphatic rings. The lowest BCUT2D eigenvalue weighted by atomic mass is 10.1. The van der Waals surface area contributed by atoms with E-state index in [1.54, 1.807) is 11.8 Å². The fourth-order valence-electron chi connectivity index (χ4n) is 2.12. The van der Waals surface area contributed by atoms with Crippen molar-refractivity contribution in [3.8, 4) is 0 Å². The molecule has 0 amide bonds. The molecule has 3 atom stereocenters. The van der Waals surface area contributed by atoms with E-state index in [2.05, 4.69) is 4.99 Å². The van der Waals surface area contributed by atoms with Gasteiger partial charge >= 0.3 is 5.97 Å². The topological polar surface area (TPSA) is 57.1 Å². The molecule has 2 rings (SSSR count). The van der Waals surface area contributed by atoms with E-state index in [0.29, 0.717) is 6.54 Å². The lowest BCUT2D eigenvalue weighted by Crippen LogP contribution is -2.46. The number of carbonyl (C=O) groups excluding carboxylic acids is 1. The highest BCUT2D eigenvalue weighted by molar-refractivity contribution is 8.13. The average molecular weight is 259 g/mol. The van der Waals surface area contributed by atoms with Crippen LogP contribution in [0.15, 0.2) is 4.99 Å². The highest BCUT2D eigenvalue weighted by Crippen LogP contribution is 2.35. The van der Waals surface area contributed by atoms with Gasteiger partial charge in [-0.2, -0.15) is 0 Å². The second-order valence-corrected chi connectivity index (χ2v) is 5.38. The quantitative estimate of drug-likeness (QED) is 0.663. The van der Waals surface area contributed by atoms with Crippen molar-refractivity contribution in [2.75, 3.05) is 12.8 Å². The van der Waals surface area contributed by atoms with E-state index < -0.39 is 5.79 Å². The van der Waals surface area contributed by atoms with Gasteiger partial charge in [0.05, 0.1) is 11.6 Å². The Morgan fingerprint density at radius 3 is 2.82 bits per heavy atom. The first-order chi connectivity index (χ1) is 7.93. The molecule has 0 spiro atoms. The molecule has 17 heavy (non-hydrogen) atoms. The van der Waals surface area contributed by atoms with Crippen molar-refractivity contribution in [1.29, 1.82) is 0 Å². The van der Waals surface area contributed by atoms with Gasteiger partial charge in [-0.05, 0) is 20.1 Å². The summed E-state index contributed by atoms with van der Waals surface area (Å²) in [7, 11) is 0. The van der Waals surface area contributed by atoms with Crippen molar-refractivity contribution in [2.24, 2.45) is 4.99 Å². The van der Waals surface area contributed by atoms with Gasteiger partial charge in [0.1, 0.15) is 12.2 Å². The van der Waals surface area contributed by atoms with Crippen LogP contribution in [0.4, 0.5) is 0 Å². The molecule has 0 aromatic rings. The van der Waals surface area contributed by atoms with E-state index in [4.69, 9.17) is 14.2 Å². The summed E-state index contributed by atoms with van der Waals surface area (Å²) in [6.07, 6.45) is 1.12. The number of nitrogens with zero attached hydrogens (tertiary/aromatic N) is 1. The molecule has 2 heterocycles. The van der Waals surface area contributed by atoms with E-state index in [-0.39, 0.29) is 24.3 Å². The van der Waals surface area contributed by atoms with Crippen molar-refractivity contribution < 1.29 is 19.0 Å². The highest BCUT2D eigenvalue weighted by Gasteiger charge is 2.50. The highest BCUT2D eigenvalue weighted by atomic mass is 32.2. The van der Waals surface area contributed by atoms with Crippen LogP contribution < -0.4 is 0 Å². The van der Waals surface area contributed by atoms with Gasteiger partial charge in [0, 0.05) is 6.92 Å². The Hall–Kier alpha value is -0.590. The smallest absolute Gasteiger partial charge is 0.303 e. The number of rotatable bonds is 1. The molecule has 96 valence electrons. The van der Waals surface area contributed by atoms with Crippen LogP contribution in [-0.2, 0) is 19.0 Å². The van der Waals surface area contributed by atoms with Gasteiger partial charge < -0.3 is 14.2 Å². The number of fused-ring (bicyclic) bond motifs is 1. The van der Waals surface area contributed by atoms with Crippen LogP contribution in [0, 0.1) is 0 Å². The van der Waals surface area contributed by atoms with E-state index in [9.17, 15) is 4.79 Å². The zero-order valence-electron chi connectivity index (χ0n) is 10.4. The molecule has 0 radical (unpaired) electrons. The molecule has 1 fully saturated rings. The van der Waals surface area contributed by atoms with E-state index in [0.717, 1.165) is 5.04 Å². The number of hydrogen-bond donors (Lipinski definition) is 0. The molecule has 0 saturated carbocycles. The zero-order valence-corrected chi connectivity index (χ0v) is 11.2. The molecular weight excluding hydrogens is 242 g/mol. The molecule has 0 aliphatic carbocycles. The maximum absolute atomic E-state index is 11.0. The summed E-state index contributed by atoms with van der Waals surface area (Å²) < 4.78 is 16.8. The van der Waals surface area contributed by atoms with Gasteiger partial charge in [-0.1, -0.05) is 0 Å². The van der Waals surface area contributed by atoms with Crippen molar-refractivity contribution in [3.05, 3.63) is 0 Å². The minimum atomic E-state index is -0.658.